The maximum Gasteiger partial charge on any atom is 0.407 e. The van der Waals surface area contributed by atoms with E-state index in [1.807, 2.05) is 0 Å². The van der Waals surface area contributed by atoms with E-state index in [0.717, 1.165) is 38.8 Å². The van der Waals surface area contributed by atoms with Gasteiger partial charge in [0.1, 0.15) is 0 Å². The molecule has 2 heterocycles. The molecular formula is C13H22N2O4. The third kappa shape index (κ3) is 3.37. The number of amides is 1. The average Bonchev–Trinajstić information content (AvgIpc) is 2.42. The third-order valence-corrected chi connectivity index (χ3v) is 4.59. The van der Waals surface area contributed by atoms with Gasteiger partial charge in [0.25, 0.3) is 0 Å². The number of ether oxygens (including phenoxy) is 1. The van der Waals surface area contributed by atoms with Crippen molar-refractivity contribution < 1.29 is 19.4 Å². The summed E-state index contributed by atoms with van der Waals surface area (Å²) in [5.41, 5.74) is 0.290. The van der Waals surface area contributed by atoms with Crippen molar-refractivity contribution in [2.45, 2.75) is 25.7 Å². The summed E-state index contributed by atoms with van der Waals surface area (Å²) in [7, 11) is 1.41. The number of hydrogen-bond acceptors (Lipinski definition) is 4. The minimum Gasteiger partial charge on any atom is -0.468 e. The van der Waals surface area contributed by atoms with Gasteiger partial charge in [-0.05, 0) is 44.2 Å². The number of piperidine rings is 2. The Labute approximate surface area is 113 Å². The molecule has 19 heavy (non-hydrogen) atoms. The zero-order valence-electron chi connectivity index (χ0n) is 11.4. The van der Waals surface area contributed by atoms with Crippen LogP contribution < -0.4 is 0 Å². The highest BCUT2D eigenvalue weighted by molar-refractivity contribution is 5.71. The van der Waals surface area contributed by atoms with Crippen molar-refractivity contribution in [1.82, 2.24) is 9.80 Å². The predicted octanol–water partition coefficient (Wildman–Crippen LogP) is 1.02. The molecule has 0 atom stereocenters. The van der Waals surface area contributed by atoms with Gasteiger partial charge in [0.2, 0.25) is 0 Å². The van der Waals surface area contributed by atoms with E-state index < -0.39 is 6.09 Å². The molecule has 1 spiro atoms. The Bertz CT molecular complexity index is 341. The van der Waals surface area contributed by atoms with Crippen LogP contribution in [0.5, 0.6) is 0 Å². The summed E-state index contributed by atoms with van der Waals surface area (Å²) in [6, 6.07) is 0. The van der Waals surface area contributed by atoms with Gasteiger partial charge in [-0.3, -0.25) is 9.69 Å². The summed E-state index contributed by atoms with van der Waals surface area (Å²) in [6.07, 6.45) is 3.20. The molecule has 0 saturated carbocycles. The number of hydrogen-bond donors (Lipinski definition) is 1. The van der Waals surface area contributed by atoms with Crippen LogP contribution in [-0.4, -0.2) is 66.8 Å². The van der Waals surface area contributed by atoms with Crippen LogP contribution in [-0.2, 0) is 9.53 Å². The molecule has 2 rings (SSSR count). The second-order valence-corrected chi connectivity index (χ2v) is 5.62. The number of carboxylic acid groups (broad SMARTS) is 1. The zero-order valence-corrected chi connectivity index (χ0v) is 11.4. The SMILES string of the molecule is COC(=O)CN1CCC2(CC1)CCN(C(=O)O)CC2. The van der Waals surface area contributed by atoms with Gasteiger partial charge in [-0.1, -0.05) is 0 Å². The summed E-state index contributed by atoms with van der Waals surface area (Å²) in [4.78, 5) is 25.8. The van der Waals surface area contributed by atoms with Crippen molar-refractivity contribution in [1.29, 1.82) is 0 Å². The largest absolute Gasteiger partial charge is 0.468 e. The van der Waals surface area contributed by atoms with Crippen molar-refractivity contribution >= 4 is 12.1 Å². The molecule has 1 amide bonds. The number of carbonyl (C=O) groups excluding carboxylic acids is 1. The Balaban J connectivity index is 1.80. The topological polar surface area (TPSA) is 70.1 Å². The maximum atomic E-state index is 11.2. The van der Waals surface area contributed by atoms with Gasteiger partial charge in [0, 0.05) is 13.1 Å². The second kappa shape index (κ2) is 5.77. The Kier molecular flexibility index (Phi) is 4.29. The fraction of sp³-hybridized carbons (Fsp3) is 0.846. The van der Waals surface area contributed by atoms with Gasteiger partial charge < -0.3 is 14.7 Å². The number of nitrogens with zero attached hydrogens (tertiary/aromatic N) is 2. The highest BCUT2D eigenvalue weighted by atomic mass is 16.5. The molecular weight excluding hydrogens is 248 g/mol. The second-order valence-electron chi connectivity index (χ2n) is 5.62. The predicted molar refractivity (Wildman–Crippen MR) is 69.0 cm³/mol. The highest BCUT2D eigenvalue weighted by Crippen LogP contribution is 2.41. The van der Waals surface area contributed by atoms with Crippen molar-refractivity contribution in [3.63, 3.8) is 0 Å². The lowest BCUT2D eigenvalue weighted by Gasteiger charge is -2.46. The van der Waals surface area contributed by atoms with E-state index in [2.05, 4.69) is 9.64 Å². The van der Waals surface area contributed by atoms with Crippen LogP contribution in [0.15, 0.2) is 0 Å². The van der Waals surface area contributed by atoms with Gasteiger partial charge in [-0.2, -0.15) is 0 Å². The van der Waals surface area contributed by atoms with Crippen molar-refractivity contribution in [2.24, 2.45) is 5.41 Å². The fourth-order valence-electron chi connectivity index (χ4n) is 3.10. The van der Waals surface area contributed by atoms with E-state index in [9.17, 15) is 9.59 Å². The van der Waals surface area contributed by atoms with Crippen molar-refractivity contribution in [3.05, 3.63) is 0 Å². The number of likely N-dealkylation sites (tertiary alicyclic amines) is 2. The molecule has 0 aromatic rings. The van der Waals surface area contributed by atoms with E-state index in [-0.39, 0.29) is 5.97 Å². The molecule has 0 aromatic carbocycles. The van der Waals surface area contributed by atoms with Crippen LogP contribution in [0.3, 0.4) is 0 Å². The van der Waals surface area contributed by atoms with Gasteiger partial charge in [0.15, 0.2) is 0 Å². The van der Waals surface area contributed by atoms with Crippen LogP contribution in [0.2, 0.25) is 0 Å². The monoisotopic (exact) mass is 270 g/mol. The molecule has 1 N–H and O–H groups in total. The van der Waals surface area contributed by atoms with Crippen molar-refractivity contribution in [2.75, 3.05) is 39.8 Å². The number of methoxy groups -OCH3 is 1. The van der Waals surface area contributed by atoms with E-state index >= 15 is 0 Å². The average molecular weight is 270 g/mol. The molecule has 2 aliphatic rings. The highest BCUT2D eigenvalue weighted by Gasteiger charge is 2.38. The van der Waals surface area contributed by atoms with E-state index in [1.165, 1.54) is 12.0 Å². The van der Waals surface area contributed by atoms with E-state index in [1.54, 1.807) is 0 Å². The first-order valence-electron chi connectivity index (χ1n) is 6.82. The van der Waals surface area contributed by atoms with Crippen LogP contribution in [0.4, 0.5) is 4.79 Å². The first kappa shape index (κ1) is 14.1. The van der Waals surface area contributed by atoms with Crippen LogP contribution in [0.25, 0.3) is 0 Å². The third-order valence-electron chi connectivity index (χ3n) is 4.59. The summed E-state index contributed by atoms with van der Waals surface area (Å²) in [6.45, 7) is 3.47. The molecule has 0 aromatic heterocycles. The van der Waals surface area contributed by atoms with E-state index in [0.29, 0.717) is 25.0 Å². The first-order chi connectivity index (χ1) is 9.04. The van der Waals surface area contributed by atoms with Gasteiger partial charge in [0.05, 0.1) is 13.7 Å². The normalized spacial score (nSPS) is 23.3. The molecule has 6 nitrogen and oxygen atoms in total. The van der Waals surface area contributed by atoms with Gasteiger partial charge in [-0.15, -0.1) is 0 Å². The smallest absolute Gasteiger partial charge is 0.407 e. The number of carbonyl (C=O) groups is 2. The molecule has 0 aliphatic carbocycles. The first-order valence-corrected chi connectivity index (χ1v) is 6.82. The van der Waals surface area contributed by atoms with Crippen molar-refractivity contribution in [3.8, 4) is 0 Å². The Morgan fingerprint density at radius 2 is 1.63 bits per heavy atom. The standard InChI is InChI=1S/C13H22N2O4/c1-19-11(16)10-14-6-2-13(3-7-14)4-8-15(9-5-13)12(17)18/h2-10H2,1H3,(H,17,18). The minimum atomic E-state index is -0.807. The molecule has 2 fully saturated rings. The van der Waals surface area contributed by atoms with Crippen LogP contribution in [0, 0.1) is 5.41 Å². The van der Waals surface area contributed by atoms with Crippen LogP contribution >= 0.6 is 0 Å². The molecule has 2 saturated heterocycles. The molecule has 108 valence electrons. The van der Waals surface area contributed by atoms with Crippen LogP contribution in [0.1, 0.15) is 25.7 Å². The van der Waals surface area contributed by atoms with Gasteiger partial charge >= 0.3 is 12.1 Å². The Morgan fingerprint density at radius 1 is 1.11 bits per heavy atom. The number of rotatable bonds is 2. The molecule has 0 unspecified atom stereocenters. The fourth-order valence-corrected chi connectivity index (χ4v) is 3.10. The maximum absolute atomic E-state index is 11.2. The zero-order chi connectivity index (χ0) is 13.9. The Hall–Kier alpha value is -1.30. The molecule has 6 heteroatoms. The lowest BCUT2D eigenvalue weighted by molar-refractivity contribution is -0.142. The van der Waals surface area contributed by atoms with Gasteiger partial charge in [-0.25, -0.2) is 4.79 Å². The molecule has 0 bridgehead atoms. The molecule has 2 aliphatic heterocycles. The molecule has 0 radical (unpaired) electrons. The summed E-state index contributed by atoms with van der Waals surface area (Å²) in [5, 5.41) is 8.96. The summed E-state index contributed by atoms with van der Waals surface area (Å²) < 4.78 is 4.68. The van der Waals surface area contributed by atoms with E-state index in [4.69, 9.17) is 5.11 Å². The quantitative estimate of drug-likeness (QED) is 0.758. The lowest BCUT2D eigenvalue weighted by atomic mass is 9.71. The summed E-state index contributed by atoms with van der Waals surface area (Å²) in [5.74, 6) is -0.184. The number of esters is 1. The summed E-state index contributed by atoms with van der Waals surface area (Å²) >= 11 is 0. The minimum absolute atomic E-state index is 0.184. The Morgan fingerprint density at radius 3 is 2.11 bits per heavy atom. The lowest BCUT2D eigenvalue weighted by Crippen LogP contribution is -2.48.